The number of anilines is 1. The third kappa shape index (κ3) is 3.92. The summed E-state index contributed by atoms with van der Waals surface area (Å²) in [6.45, 7) is 5.83. The molecule has 0 spiro atoms. The van der Waals surface area contributed by atoms with Crippen LogP contribution in [0.5, 0.6) is 0 Å². The van der Waals surface area contributed by atoms with Crippen LogP contribution in [-0.2, 0) is 11.3 Å². The summed E-state index contributed by atoms with van der Waals surface area (Å²) in [5.41, 5.74) is 1.81. The lowest BCUT2D eigenvalue weighted by Gasteiger charge is -2.09. The first-order chi connectivity index (χ1) is 9.72. The van der Waals surface area contributed by atoms with Gasteiger partial charge in [0, 0.05) is 29.8 Å². The van der Waals surface area contributed by atoms with E-state index in [2.05, 4.69) is 15.3 Å². The van der Waals surface area contributed by atoms with Crippen LogP contribution >= 0.6 is 11.6 Å². The van der Waals surface area contributed by atoms with Gasteiger partial charge in [0.05, 0.1) is 5.69 Å². The van der Waals surface area contributed by atoms with Gasteiger partial charge in [-0.05, 0) is 26.0 Å². The second kappa shape index (κ2) is 7.22. The van der Waals surface area contributed by atoms with E-state index in [-0.39, 0.29) is 0 Å². The Balaban J connectivity index is 2.37. The molecule has 0 saturated heterocycles. The largest absolute Gasteiger partial charge is 0.374 e. The lowest BCUT2D eigenvalue weighted by Crippen LogP contribution is -2.06. The molecule has 2 rings (SSSR count). The van der Waals surface area contributed by atoms with E-state index in [9.17, 15) is 0 Å². The maximum atomic E-state index is 6.04. The Kier molecular flexibility index (Phi) is 5.32. The summed E-state index contributed by atoms with van der Waals surface area (Å²) in [5, 5.41) is 3.90. The van der Waals surface area contributed by atoms with E-state index in [0.29, 0.717) is 24.1 Å². The van der Waals surface area contributed by atoms with E-state index in [1.807, 2.05) is 44.2 Å². The number of benzene rings is 1. The van der Waals surface area contributed by atoms with Crippen molar-refractivity contribution in [3.05, 3.63) is 41.2 Å². The SMILES string of the molecule is CCNc1cc(-c2cccc(Cl)c2)nc(COCC)n1. The van der Waals surface area contributed by atoms with Gasteiger partial charge in [0.15, 0.2) is 5.82 Å². The van der Waals surface area contributed by atoms with Crippen LogP contribution in [0.2, 0.25) is 5.02 Å². The summed E-state index contributed by atoms with van der Waals surface area (Å²) in [6, 6.07) is 9.55. The van der Waals surface area contributed by atoms with Gasteiger partial charge in [-0.15, -0.1) is 0 Å². The zero-order chi connectivity index (χ0) is 14.4. The summed E-state index contributed by atoms with van der Waals surface area (Å²) in [5.74, 6) is 1.47. The molecule has 4 nitrogen and oxygen atoms in total. The van der Waals surface area contributed by atoms with Crippen molar-refractivity contribution in [1.29, 1.82) is 0 Å². The van der Waals surface area contributed by atoms with Gasteiger partial charge >= 0.3 is 0 Å². The molecule has 2 aromatic rings. The number of hydrogen-bond acceptors (Lipinski definition) is 4. The Morgan fingerprint density at radius 2 is 2.05 bits per heavy atom. The summed E-state index contributed by atoms with van der Waals surface area (Å²) in [4.78, 5) is 8.96. The Labute approximate surface area is 124 Å². The van der Waals surface area contributed by atoms with Gasteiger partial charge in [0.2, 0.25) is 0 Å². The molecule has 0 radical (unpaired) electrons. The monoisotopic (exact) mass is 291 g/mol. The number of aromatic nitrogens is 2. The molecule has 1 heterocycles. The fourth-order valence-corrected chi connectivity index (χ4v) is 2.01. The highest BCUT2D eigenvalue weighted by Crippen LogP contribution is 2.23. The molecule has 0 atom stereocenters. The highest BCUT2D eigenvalue weighted by atomic mass is 35.5. The van der Waals surface area contributed by atoms with Crippen LogP contribution in [0, 0.1) is 0 Å². The molecule has 1 aromatic carbocycles. The first-order valence-electron chi connectivity index (χ1n) is 6.68. The molecule has 0 saturated carbocycles. The molecule has 0 amide bonds. The lowest BCUT2D eigenvalue weighted by molar-refractivity contribution is 0.128. The molecule has 0 aliphatic rings. The molecule has 5 heteroatoms. The quantitative estimate of drug-likeness (QED) is 0.880. The number of hydrogen-bond donors (Lipinski definition) is 1. The molecule has 0 aliphatic carbocycles. The van der Waals surface area contributed by atoms with Crippen LogP contribution in [0.3, 0.4) is 0 Å². The van der Waals surface area contributed by atoms with Gasteiger partial charge in [-0.25, -0.2) is 9.97 Å². The molecule has 1 aromatic heterocycles. The van der Waals surface area contributed by atoms with Crippen LogP contribution in [0.1, 0.15) is 19.7 Å². The molecule has 0 bridgehead atoms. The third-order valence-corrected chi connectivity index (χ3v) is 2.92. The highest BCUT2D eigenvalue weighted by Gasteiger charge is 2.07. The predicted molar refractivity (Wildman–Crippen MR) is 82.0 cm³/mol. The second-order valence-corrected chi connectivity index (χ2v) is 4.67. The third-order valence-electron chi connectivity index (χ3n) is 2.69. The fourth-order valence-electron chi connectivity index (χ4n) is 1.82. The summed E-state index contributed by atoms with van der Waals surface area (Å²) in [7, 11) is 0. The van der Waals surface area contributed by atoms with Crippen LogP contribution in [0.15, 0.2) is 30.3 Å². The normalized spacial score (nSPS) is 10.6. The van der Waals surface area contributed by atoms with Crippen molar-refractivity contribution in [2.24, 2.45) is 0 Å². The van der Waals surface area contributed by atoms with E-state index in [4.69, 9.17) is 16.3 Å². The predicted octanol–water partition coefficient (Wildman–Crippen LogP) is 3.77. The second-order valence-electron chi connectivity index (χ2n) is 4.23. The zero-order valence-electron chi connectivity index (χ0n) is 11.7. The number of ether oxygens (including phenoxy) is 1. The molecule has 0 aliphatic heterocycles. The standard InChI is InChI=1S/C15H18ClN3O/c1-3-17-14-9-13(11-6-5-7-12(16)8-11)18-15(19-14)10-20-4-2/h5-9H,3-4,10H2,1-2H3,(H,17,18,19). The summed E-state index contributed by atoms with van der Waals surface area (Å²) in [6.07, 6.45) is 0. The molecule has 0 fully saturated rings. The van der Waals surface area contributed by atoms with Crippen molar-refractivity contribution in [2.45, 2.75) is 20.5 Å². The van der Waals surface area contributed by atoms with E-state index < -0.39 is 0 Å². The Morgan fingerprint density at radius 3 is 2.75 bits per heavy atom. The topological polar surface area (TPSA) is 47.0 Å². The number of nitrogens with one attached hydrogen (secondary N) is 1. The maximum Gasteiger partial charge on any atom is 0.157 e. The Morgan fingerprint density at radius 1 is 1.20 bits per heavy atom. The van der Waals surface area contributed by atoms with Gasteiger partial charge in [-0.3, -0.25) is 0 Å². The van der Waals surface area contributed by atoms with E-state index in [1.54, 1.807) is 0 Å². The smallest absolute Gasteiger partial charge is 0.157 e. The minimum atomic E-state index is 0.406. The van der Waals surface area contributed by atoms with Crippen molar-refractivity contribution >= 4 is 17.4 Å². The van der Waals surface area contributed by atoms with Gasteiger partial charge < -0.3 is 10.1 Å². The van der Waals surface area contributed by atoms with Crippen LogP contribution < -0.4 is 5.32 Å². The lowest BCUT2D eigenvalue weighted by atomic mass is 10.1. The Hall–Kier alpha value is -1.65. The van der Waals surface area contributed by atoms with Crippen molar-refractivity contribution in [1.82, 2.24) is 9.97 Å². The number of halogens is 1. The summed E-state index contributed by atoms with van der Waals surface area (Å²) >= 11 is 6.04. The first kappa shape index (κ1) is 14.8. The Bertz CT molecular complexity index is 575. The van der Waals surface area contributed by atoms with E-state index >= 15 is 0 Å². The van der Waals surface area contributed by atoms with Crippen LogP contribution in [-0.4, -0.2) is 23.1 Å². The fraction of sp³-hybridized carbons (Fsp3) is 0.333. The maximum absolute atomic E-state index is 6.04. The van der Waals surface area contributed by atoms with Gasteiger partial charge in [-0.2, -0.15) is 0 Å². The molecular weight excluding hydrogens is 274 g/mol. The van der Waals surface area contributed by atoms with Crippen LogP contribution in [0.25, 0.3) is 11.3 Å². The molecule has 0 unspecified atom stereocenters. The van der Waals surface area contributed by atoms with Gasteiger partial charge in [-0.1, -0.05) is 23.7 Å². The average Bonchev–Trinajstić information content (AvgIpc) is 2.45. The van der Waals surface area contributed by atoms with Crippen molar-refractivity contribution < 1.29 is 4.74 Å². The first-order valence-corrected chi connectivity index (χ1v) is 7.06. The minimum absolute atomic E-state index is 0.406. The minimum Gasteiger partial charge on any atom is -0.374 e. The average molecular weight is 292 g/mol. The summed E-state index contributed by atoms with van der Waals surface area (Å²) < 4.78 is 5.39. The number of rotatable bonds is 6. The van der Waals surface area contributed by atoms with Gasteiger partial charge in [0.25, 0.3) is 0 Å². The molecule has 20 heavy (non-hydrogen) atoms. The zero-order valence-corrected chi connectivity index (χ0v) is 12.4. The van der Waals surface area contributed by atoms with Crippen molar-refractivity contribution in [3.63, 3.8) is 0 Å². The van der Waals surface area contributed by atoms with E-state index in [0.717, 1.165) is 23.6 Å². The van der Waals surface area contributed by atoms with Crippen LogP contribution in [0.4, 0.5) is 5.82 Å². The highest BCUT2D eigenvalue weighted by molar-refractivity contribution is 6.30. The molecular formula is C15H18ClN3O. The van der Waals surface area contributed by atoms with Gasteiger partial charge in [0.1, 0.15) is 12.4 Å². The van der Waals surface area contributed by atoms with Crippen molar-refractivity contribution in [3.8, 4) is 11.3 Å². The molecule has 106 valence electrons. The number of nitrogens with zero attached hydrogens (tertiary/aromatic N) is 2. The molecule has 1 N–H and O–H groups in total. The van der Waals surface area contributed by atoms with Crippen molar-refractivity contribution in [2.75, 3.05) is 18.5 Å². The van der Waals surface area contributed by atoms with E-state index in [1.165, 1.54) is 0 Å².